The molecule has 2 unspecified atom stereocenters. The molecule has 6 nitrogen and oxygen atoms in total. The number of carbonyl (C=O) groups excluding carboxylic acids is 2. The average molecular weight is 1250 g/mol. The normalized spacial score (nSPS) is 12.5. The van der Waals surface area contributed by atoms with Crippen LogP contribution in [0.5, 0.6) is 0 Å². The van der Waals surface area contributed by atoms with Crippen LogP contribution in [-0.4, -0.2) is 47.4 Å². The van der Waals surface area contributed by atoms with E-state index in [9.17, 15) is 19.8 Å². The lowest BCUT2D eigenvalue weighted by Gasteiger charge is -2.22. The monoisotopic (exact) mass is 1250 g/mol. The van der Waals surface area contributed by atoms with E-state index in [1.54, 1.807) is 0 Å². The Morgan fingerprint density at radius 2 is 0.528 bits per heavy atom. The third-order valence-corrected chi connectivity index (χ3v) is 19.5. The molecule has 0 aromatic rings. The highest BCUT2D eigenvalue weighted by atomic mass is 16.5. The van der Waals surface area contributed by atoms with Crippen molar-refractivity contribution in [1.82, 2.24) is 5.32 Å². The van der Waals surface area contributed by atoms with Crippen LogP contribution >= 0.6 is 0 Å². The minimum absolute atomic E-state index is 0.0185. The van der Waals surface area contributed by atoms with Crippen molar-refractivity contribution < 1.29 is 24.5 Å². The van der Waals surface area contributed by atoms with Gasteiger partial charge in [-0.05, 0) is 77.0 Å². The van der Waals surface area contributed by atoms with E-state index in [0.717, 1.165) is 38.5 Å². The van der Waals surface area contributed by atoms with Gasteiger partial charge in [-0.15, -0.1) is 0 Å². The maximum absolute atomic E-state index is 12.6. The van der Waals surface area contributed by atoms with Gasteiger partial charge in [0.2, 0.25) is 5.91 Å². The van der Waals surface area contributed by atoms with Crippen LogP contribution in [0.4, 0.5) is 0 Å². The molecule has 2 atom stereocenters. The first kappa shape index (κ1) is 87.3. The Bertz CT molecular complexity index is 1400. The van der Waals surface area contributed by atoms with Crippen molar-refractivity contribution in [2.75, 3.05) is 13.2 Å². The van der Waals surface area contributed by atoms with Gasteiger partial charge < -0.3 is 20.3 Å². The summed E-state index contributed by atoms with van der Waals surface area (Å²) in [5.41, 5.74) is 0. The summed E-state index contributed by atoms with van der Waals surface area (Å²) in [6.07, 6.45) is 101. The van der Waals surface area contributed by atoms with Crippen LogP contribution in [0.3, 0.4) is 0 Å². The molecular formula is C83H161NO5. The van der Waals surface area contributed by atoms with Crippen LogP contribution in [0.15, 0.2) is 24.3 Å². The molecule has 0 aromatic heterocycles. The number of aliphatic hydroxyl groups is 2. The Morgan fingerprint density at radius 1 is 0.303 bits per heavy atom. The number of ether oxygens (including phenoxy) is 1. The van der Waals surface area contributed by atoms with Gasteiger partial charge in [0.1, 0.15) is 0 Å². The van der Waals surface area contributed by atoms with E-state index in [0.29, 0.717) is 25.9 Å². The fourth-order valence-electron chi connectivity index (χ4n) is 13.2. The lowest BCUT2D eigenvalue weighted by molar-refractivity contribution is -0.143. The molecule has 6 heteroatoms. The molecule has 3 N–H and O–H groups in total. The highest BCUT2D eigenvalue weighted by molar-refractivity contribution is 5.76. The molecule has 0 aliphatic carbocycles. The fourth-order valence-corrected chi connectivity index (χ4v) is 13.2. The molecule has 0 bridgehead atoms. The highest BCUT2D eigenvalue weighted by Gasteiger charge is 2.20. The lowest BCUT2D eigenvalue weighted by atomic mass is 10.0. The number of carbonyl (C=O) groups is 2. The summed E-state index contributed by atoms with van der Waals surface area (Å²) in [6.45, 7) is 5.01. The zero-order valence-electron chi connectivity index (χ0n) is 60.7. The van der Waals surface area contributed by atoms with E-state index in [2.05, 4.69) is 43.5 Å². The van der Waals surface area contributed by atoms with E-state index in [-0.39, 0.29) is 18.5 Å². The summed E-state index contributed by atoms with van der Waals surface area (Å²) in [5, 5.41) is 23.5. The third kappa shape index (κ3) is 75.3. The van der Waals surface area contributed by atoms with Crippen LogP contribution in [0.25, 0.3) is 0 Å². The Hall–Kier alpha value is -1.66. The van der Waals surface area contributed by atoms with Crippen molar-refractivity contribution in [2.24, 2.45) is 0 Å². The van der Waals surface area contributed by atoms with Crippen molar-refractivity contribution in [3.8, 4) is 0 Å². The summed E-state index contributed by atoms with van der Waals surface area (Å²) in [4.78, 5) is 24.7. The number of unbranched alkanes of at least 4 members (excludes halogenated alkanes) is 63. The number of aliphatic hydroxyl groups excluding tert-OH is 2. The minimum atomic E-state index is -0.664. The van der Waals surface area contributed by atoms with Crippen LogP contribution < -0.4 is 5.32 Å². The second kappa shape index (κ2) is 78.8. The highest BCUT2D eigenvalue weighted by Crippen LogP contribution is 2.20. The summed E-state index contributed by atoms with van der Waals surface area (Å²) < 4.78 is 5.52. The lowest BCUT2D eigenvalue weighted by Crippen LogP contribution is -2.45. The number of amides is 1. The predicted molar refractivity (Wildman–Crippen MR) is 393 cm³/mol. The summed E-state index contributed by atoms with van der Waals surface area (Å²) in [6, 6.07) is -0.541. The zero-order chi connectivity index (χ0) is 64.2. The molecule has 0 aliphatic heterocycles. The maximum atomic E-state index is 12.6. The maximum Gasteiger partial charge on any atom is 0.305 e. The van der Waals surface area contributed by atoms with Crippen molar-refractivity contribution >= 4 is 11.9 Å². The topological polar surface area (TPSA) is 95.9 Å². The molecule has 528 valence electrons. The first-order valence-corrected chi connectivity index (χ1v) is 41.1. The van der Waals surface area contributed by atoms with Gasteiger partial charge in [0.05, 0.1) is 25.4 Å². The van der Waals surface area contributed by atoms with Gasteiger partial charge in [0.15, 0.2) is 0 Å². The standard InChI is InChI=1S/C83H161NO5/c1-3-5-7-9-11-13-15-17-19-21-23-24-36-40-43-47-51-55-59-63-67-71-75-81(86)80(79-85)84-82(87)76-72-68-64-60-56-52-48-44-41-37-34-32-30-28-26-25-27-29-31-33-35-38-42-46-50-54-58-62-66-70-74-78-89-83(88)77-73-69-65-61-57-53-49-45-39-22-20-18-16-14-12-10-8-6-4-2/h18,20,27,29,80-81,85-86H,3-17,19,21-26,28,30-79H2,1-2H3,(H,84,87)/b20-18-,29-27-. The molecule has 0 spiro atoms. The third-order valence-electron chi connectivity index (χ3n) is 19.5. The molecule has 0 heterocycles. The van der Waals surface area contributed by atoms with Gasteiger partial charge in [-0.2, -0.15) is 0 Å². The van der Waals surface area contributed by atoms with E-state index >= 15 is 0 Å². The quantitative estimate of drug-likeness (QED) is 0.0320. The first-order chi connectivity index (χ1) is 44.0. The molecule has 89 heavy (non-hydrogen) atoms. The molecule has 0 aliphatic rings. The number of rotatable bonds is 78. The second-order valence-electron chi connectivity index (χ2n) is 28.5. The van der Waals surface area contributed by atoms with Crippen molar-refractivity contribution in [3.63, 3.8) is 0 Å². The summed E-state index contributed by atoms with van der Waals surface area (Å²) in [5.74, 6) is -0.00876. The molecule has 0 saturated heterocycles. The van der Waals surface area contributed by atoms with E-state index < -0.39 is 12.1 Å². The number of esters is 1. The first-order valence-electron chi connectivity index (χ1n) is 41.1. The number of allylic oxidation sites excluding steroid dienone is 4. The number of hydrogen-bond acceptors (Lipinski definition) is 5. The Balaban J connectivity index is 3.35. The molecule has 0 fully saturated rings. The Labute approximate surface area is 558 Å². The SMILES string of the molecule is CCCCCCCC/C=C\CCCCCCCCCCCC(=O)OCCCCCCCCCCCCCC/C=C\CCCCCCCCCCCCCCCCCC(=O)NC(CO)C(O)CCCCCCCCCCCCCCCCCCCCCCCC. The van der Waals surface area contributed by atoms with Gasteiger partial charge in [-0.3, -0.25) is 9.59 Å². The molecule has 1 amide bonds. The summed E-state index contributed by atoms with van der Waals surface area (Å²) >= 11 is 0. The minimum Gasteiger partial charge on any atom is -0.466 e. The number of hydrogen-bond donors (Lipinski definition) is 3. The second-order valence-corrected chi connectivity index (χ2v) is 28.5. The molecular weight excluding hydrogens is 1090 g/mol. The van der Waals surface area contributed by atoms with Gasteiger partial charge in [-0.1, -0.05) is 404 Å². The van der Waals surface area contributed by atoms with Crippen molar-refractivity contribution in [3.05, 3.63) is 24.3 Å². The molecule has 0 radical (unpaired) electrons. The van der Waals surface area contributed by atoms with Gasteiger partial charge in [-0.25, -0.2) is 0 Å². The Morgan fingerprint density at radius 3 is 0.798 bits per heavy atom. The predicted octanol–water partition coefficient (Wildman–Crippen LogP) is 27.2. The van der Waals surface area contributed by atoms with E-state index in [1.807, 2.05) is 0 Å². The van der Waals surface area contributed by atoms with E-state index in [1.165, 1.54) is 398 Å². The van der Waals surface area contributed by atoms with Crippen LogP contribution in [0, 0.1) is 0 Å². The molecule has 0 saturated carbocycles. The molecule has 0 aromatic carbocycles. The number of nitrogens with one attached hydrogen (secondary N) is 1. The van der Waals surface area contributed by atoms with Crippen LogP contribution in [0.1, 0.15) is 470 Å². The van der Waals surface area contributed by atoms with Gasteiger partial charge in [0, 0.05) is 12.8 Å². The fraction of sp³-hybridized carbons (Fsp3) is 0.928. The van der Waals surface area contributed by atoms with Crippen molar-refractivity contribution in [1.29, 1.82) is 0 Å². The average Bonchev–Trinajstić information content (AvgIpc) is 3.68. The van der Waals surface area contributed by atoms with Crippen LogP contribution in [0.2, 0.25) is 0 Å². The smallest absolute Gasteiger partial charge is 0.305 e. The largest absolute Gasteiger partial charge is 0.466 e. The van der Waals surface area contributed by atoms with Gasteiger partial charge in [0.25, 0.3) is 0 Å². The summed E-state index contributed by atoms with van der Waals surface area (Å²) in [7, 11) is 0. The Kier molecular flexibility index (Phi) is 77.3. The van der Waals surface area contributed by atoms with E-state index in [4.69, 9.17) is 4.74 Å². The zero-order valence-corrected chi connectivity index (χ0v) is 60.7. The molecule has 0 rings (SSSR count). The van der Waals surface area contributed by atoms with Gasteiger partial charge >= 0.3 is 5.97 Å². The van der Waals surface area contributed by atoms with Crippen LogP contribution in [-0.2, 0) is 14.3 Å². The van der Waals surface area contributed by atoms with Crippen molar-refractivity contribution in [2.45, 2.75) is 482 Å².